The summed E-state index contributed by atoms with van der Waals surface area (Å²) in [6.45, 7) is 13.4. The Morgan fingerprint density at radius 1 is 1.05 bits per heavy atom. The van der Waals surface area contributed by atoms with Crippen LogP contribution in [0.1, 0.15) is 106 Å². The zero-order chi connectivity index (χ0) is 43.4. The van der Waals surface area contributed by atoms with E-state index in [0.29, 0.717) is 55.7 Å². The molecule has 0 spiro atoms. The van der Waals surface area contributed by atoms with Crippen molar-refractivity contribution in [3.8, 4) is 17.6 Å². The van der Waals surface area contributed by atoms with Crippen molar-refractivity contribution in [2.75, 3.05) is 38.7 Å². The summed E-state index contributed by atoms with van der Waals surface area (Å²) in [5, 5.41) is 34.4. The number of thioether (sulfide) groups is 1. The molecule has 3 aromatic carbocycles. The number of allylic oxidation sites excluding steroid dienone is 1. The molecule has 6 rings (SSSR count). The summed E-state index contributed by atoms with van der Waals surface area (Å²) in [6.07, 6.45) is 9.80. The molecule has 1 fully saturated rings. The summed E-state index contributed by atoms with van der Waals surface area (Å²) in [5.41, 5.74) is 3.11. The fourth-order valence-corrected chi connectivity index (χ4v) is 10.0. The van der Waals surface area contributed by atoms with Crippen molar-refractivity contribution in [1.82, 2.24) is 4.90 Å². The summed E-state index contributed by atoms with van der Waals surface area (Å²) >= 11 is 1.75. The maximum Gasteiger partial charge on any atom is 0.254 e. The number of ether oxygens (including phenoxy) is 3. The quantitative estimate of drug-likeness (QED) is 0.0465. The maximum atomic E-state index is 14.9. The van der Waals surface area contributed by atoms with E-state index in [2.05, 4.69) is 43.8 Å². The molecule has 3 aliphatic rings. The number of rotatable bonds is 21. The molecule has 11 heteroatoms. The lowest BCUT2D eigenvalue weighted by molar-refractivity contribution is -0.254. The Morgan fingerprint density at radius 3 is 2.46 bits per heavy atom. The zero-order valence-corrected chi connectivity index (χ0v) is 37.1. The van der Waals surface area contributed by atoms with Gasteiger partial charge in [0.25, 0.3) is 5.91 Å². The zero-order valence-electron chi connectivity index (χ0n) is 36.3. The number of unbranched alkanes of at least 4 members (excludes halogenated alkanes) is 2. The third-order valence-corrected chi connectivity index (χ3v) is 12.8. The van der Waals surface area contributed by atoms with Crippen LogP contribution in [0, 0.1) is 29.1 Å². The first kappa shape index (κ1) is 45.9. The van der Waals surface area contributed by atoms with Crippen LogP contribution >= 0.6 is 11.8 Å². The molecule has 1 aliphatic heterocycles. The van der Waals surface area contributed by atoms with E-state index in [0.717, 1.165) is 54.0 Å². The Labute approximate surface area is 366 Å². The van der Waals surface area contributed by atoms with Crippen molar-refractivity contribution < 1.29 is 34.1 Å². The van der Waals surface area contributed by atoms with Crippen LogP contribution in [-0.2, 0) is 9.57 Å². The van der Waals surface area contributed by atoms with Gasteiger partial charge in [-0.2, -0.15) is 5.26 Å². The van der Waals surface area contributed by atoms with Crippen LogP contribution in [0.15, 0.2) is 107 Å². The molecule has 0 radical (unpaired) electrons. The molecule has 61 heavy (non-hydrogen) atoms. The molecular formula is C50H63N3O7S. The van der Waals surface area contributed by atoms with Gasteiger partial charge >= 0.3 is 0 Å². The highest BCUT2D eigenvalue weighted by molar-refractivity contribution is 7.99. The van der Waals surface area contributed by atoms with Crippen molar-refractivity contribution in [2.24, 2.45) is 22.9 Å². The summed E-state index contributed by atoms with van der Waals surface area (Å²) in [5.74, 6) is 0.264. The van der Waals surface area contributed by atoms with Gasteiger partial charge in [-0.1, -0.05) is 55.3 Å². The molecule has 1 saturated carbocycles. The van der Waals surface area contributed by atoms with Crippen molar-refractivity contribution in [3.63, 3.8) is 0 Å². The first-order valence-corrected chi connectivity index (χ1v) is 22.9. The lowest BCUT2D eigenvalue weighted by Crippen LogP contribution is -2.70. The standard InChI is InChI=1S/C50H63N3O7S/c1-6-25-53(48(56)36-21-19-35(34-51)20-22-36)45-33-43(52-60-49(3,4)5)41-31-37(15-11-13-26-54)40(18-12-14-27-55)46-42-32-38(57-29-30-61-39-16-9-8-10-17-39)23-24-44(42)59-50(45,47(41)46)58-28-7-2/h7-10,16-17,19-24,31-32,37,40,45-47,54-55H,2,6,11-15,18,25-30,33H2,1,3-5H3/t37-,40+,45-,46+,47+,50+/m0/s1. The highest BCUT2D eigenvalue weighted by Gasteiger charge is 2.65. The molecule has 0 saturated heterocycles. The van der Waals surface area contributed by atoms with E-state index >= 15 is 0 Å². The predicted octanol–water partition coefficient (Wildman–Crippen LogP) is 9.71. The molecule has 0 aromatic heterocycles. The first-order valence-electron chi connectivity index (χ1n) is 22.0. The molecule has 6 atom stereocenters. The number of nitrogens with zero attached hydrogens (tertiary/aromatic N) is 3. The Balaban J connectivity index is 1.54. The largest absolute Gasteiger partial charge is 0.493 e. The fraction of sp³-hybridized carbons (Fsp3) is 0.500. The van der Waals surface area contributed by atoms with E-state index in [1.165, 1.54) is 4.90 Å². The average Bonchev–Trinajstić information content (AvgIpc) is 3.26. The normalized spacial score (nSPS) is 23.5. The van der Waals surface area contributed by atoms with Gasteiger partial charge in [0.1, 0.15) is 23.1 Å². The van der Waals surface area contributed by atoms with Crippen LogP contribution in [0.25, 0.3) is 0 Å². The Bertz CT molecular complexity index is 2020. The van der Waals surface area contributed by atoms with E-state index < -0.39 is 23.3 Å². The number of nitriles is 1. The van der Waals surface area contributed by atoms with Crippen LogP contribution < -0.4 is 9.47 Å². The Kier molecular flexibility index (Phi) is 16.2. The minimum atomic E-state index is -1.37. The minimum Gasteiger partial charge on any atom is -0.493 e. The fourth-order valence-electron chi connectivity index (χ4n) is 9.26. The molecule has 1 amide bonds. The maximum absolute atomic E-state index is 14.9. The second kappa shape index (κ2) is 21.5. The highest BCUT2D eigenvalue weighted by Crippen LogP contribution is 2.62. The van der Waals surface area contributed by atoms with Gasteiger partial charge in [0.05, 0.1) is 36.5 Å². The molecule has 10 nitrogen and oxygen atoms in total. The van der Waals surface area contributed by atoms with Crippen LogP contribution in [0.3, 0.4) is 0 Å². The van der Waals surface area contributed by atoms with E-state index in [1.807, 2.05) is 56.0 Å². The van der Waals surface area contributed by atoms with E-state index in [4.69, 9.17) is 24.2 Å². The first-order chi connectivity index (χ1) is 29.6. The van der Waals surface area contributed by atoms with E-state index in [9.17, 15) is 20.3 Å². The number of aliphatic hydroxyl groups excluding tert-OH is 2. The van der Waals surface area contributed by atoms with Gasteiger partial charge in [-0.3, -0.25) is 4.79 Å². The van der Waals surface area contributed by atoms with Crippen LogP contribution in [-0.4, -0.2) is 82.9 Å². The number of oxime groups is 1. The molecule has 326 valence electrons. The monoisotopic (exact) mass is 849 g/mol. The third-order valence-electron chi connectivity index (χ3n) is 11.8. The number of aliphatic hydroxyl groups is 2. The van der Waals surface area contributed by atoms with Crippen molar-refractivity contribution in [3.05, 3.63) is 114 Å². The minimum absolute atomic E-state index is 0.0922. The second-order valence-electron chi connectivity index (χ2n) is 17.2. The number of carbonyl (C=O) groups is 1. The van der Waals surface area contributed by atoms with Gasteiger partial charge in [-0.05, 0) is 125 Å². The highest BCUT2D eigenvalue weighted by atomic mass is 32.2. The lowest BCUT2D eigenvalue weighted by Gasteiger charge is -2.60. The number of carbonyl (C=O) groups excluding carboxylic acids is 1. The third kappa shape index (κ3) is 10.9. The second-order valence-corrected chi connectivity index (χ2v) is 18.3. The van der Waals surface area contributed by atoms with Crippen LogP contribution in [0.2, 0.25) is 0 Å². The van der Waals surface area contributed by atoms with Crippen LogP contribution in [0.4, 0.5) is 0 Å². The molecule has 2 N–H and O–H groups in total. The smallest absolute Gasteiger partial charge is 0.254 e. The van der Waals surface area contributed by atoms with Gasteiger partial charge in [0, 0.05) is 53.9 Å². The molecule has 0 bridgehead atoms. The Hall–Kier alpha value is -4.60. The molecule has 3 aromatic rings. The van der Waals surface area contributed by atoms with Gasteiger partial charge in [0.2, 0.25) is 5.79 Å². The number of hydrogen-bond acceptors (Lipinski definition) is 10. The van der Waals surface area contributed by atoms with Crippen molar-refractivity contribution >= 4 is 23.4 Å². The summed E-state index contributed by atoms with van der Waals surface area (Å²) in [7, 11) is 0. The molecular weight excluding hydrogens is 787 g/mol. The Morgan fingerprint density at radius 2 is 1.79 bits per heavy atom. The van der Waals surface area contributed by atoms with Crippen LogP contribution in [0.5, 0.6) is 11.5 Å². The van der Waals surface area contributed by atoms with Gasteiger partial charge in [-0.15, -0.1) is 18.3 Å². The number of benzene rings is 3. The predicted molar refractivity (Wildman–Crippen MR) is 241 cm³/mol. The van der Waals surface area contributed by atoms with Gasteiger partial charge in [-0.25, -0.2) is 0 Å². The molecule has 0 unspecified atom stereocenters. The SMILES string of the molecule is C=CCO[C@@]12Oc3ccc(OCCSc4ccccc4)cc3[C@H]3[C@H](CCCCO)[C@@H](CCCCO)C=C(C(=NOC(C)(C)C)C[C@@H]1N(CCC)C(=O)c1ccc(C#N)cc1)[C@H]32. The molecule has 1 heterocycles. The number of fused-ring (bicyclic) bond motifs is 2. The van der Waals surface area contributed by atoms with E-state index in [-0.39, 0.29) is 43.5 Å². The van der Waals surface area contributed by atoms with Gasteiger partial charge in [0.15, 0.2) is 0 Å². The van der Waals surface area contributed by atoms with Crippen molar-refractivity contribution in [2.45, 2.75) is 107 Å². The topological polar surface area (TPSA) is 134 Å². The number of amides is 1. The van der Waals surface area contributed by atoms with Gasteiger partial charge < -0.3 is 34.2 Å². The molecule has 2 aliphatic carbocycles. The summed E-state index contributed by atoms with van der Waals surface area (Å²) < 4.78 is 21.0. The average molecular weight is 850 g/mol. The number of hydrogen-bond donors (Lipinski definition) is 2. The summed E-state index contributed by atoms with van der Waals surface area (Å²) in [6, 6.07) is 24.7. The van der Waals surface area contributed by atoms with E-state index in [1.54, 1.807) is 42.1 Å². The van der Waals surface area contributed by atoms with Crippen molar-refractivity contribution in [1.29, 1.82) is 5.26 Å². The lowest BCUT2D eigenvalue weighted by atomic mass is 9.55. The summed E-state index contributed by atoms with van der Waals surface area (Å²) in [4.78, 5) is 24.2.